The average Bonchev–Trinajstić information content (AvgIpc) is 2.45. The molecule has 2 aromatic rings. The maximum Gasteiger partial charge on any atom is 0.319 e. The number of amides is 2. The summed E-state index contributed by atoms with van der Waals surface area (Å²) >= 11 is 0. The van der Waals surface area contributed by atoms with Crippen molar-refractivity contribution in [2.75, 3.05) is 18.5 Å². The summed E-state index contributed by atoms with van der Waals surface area (Å²) in [5.41, 5.74) is 1.66. The van der Waals surface area contributed by atoms with Crippen LogP contribution >= 0.6 is 0 Å². The number of aromatic nitrogens is 1. The number of benzene rings is 1. The second-order valence-electron chi connectivity index (χ2n) is 4.21. The van der Waals surface area contributed by atoms with Gasteiger partial charge >= 0.3 is 6.03 Å². The minimum atomic E-state index is -0.253. The number of pyridine rings is 1. The lowest BCUT2D eigenvalue weighted by atomic mass is 10.3. The quantitative estimate of drug-likeness (QED) is 0.822. The molecule has 0 radical (unpaired) electrons. The van der Waals surface area contributed by atoms with Crippen molar-refractivity contribution in [3.05, 3.63) is 54.2 Å². The number of carbonyl (C=O) groups excluding carboxylic acids is 1. The highest BCUT2D eigenvalue weighted by molar-refractivity contribution is 5.89. The van der Waals surface area contributed by atoms with Gasteiger partial charge in [0.05, 0.1) is 6.54 Å². The molecule has 2 N–H and O–H groups in total. The molecule has 0 aliphatic rings. The van der Waals surface area contributed by atoms with Crippen LogP contribution in [0, 0.1) is 6.92 Å². The summed E-state index contributed by atoms with van der Waals surface area (Å²) in [5, 5.41) is 5.44. The van der Waals surface area contributed by atoms with Crippen LogP contribution in [0.15, 0.2) is 48.5 Å². The van der Waals surface area contributed by atoms with Gasteiger partial charge in [0.25, 0.3) is 0 Å². The van der Waals surface area contributed by atoms with E-state index < -0.39 is 0 Å². The molecule has 0 saturated heterocycles. The van der Waals surface area contributed by atoms with Crippen molar-refractivity contribution in [2.24, 2.45) is 0 Å². The zero-order chi connectivity index (χ0) is 14.2. The molecule has 104 valence electrons. The van der Waals surface area contributed by atoms with Crippen molar-refractivity contribution in [1.29, 1.82) is 0 Å². The number of anilines is 1. The van der Waals surface area contributed by atoms with Crippen molar-refractivity contribution in [1.82, 2.24) is 10.3 Å². The predicted octanol–water partition coefficient (Wildman–Crippen LogP) is 2.59. The van der Waals surface area contributed by atoms with Crippen molar-refractivity contribution in [3.63, 3.8) is 0 Å². The molecule has 5 nitrogen and oxygen atoms in total. The van der Waals surface area contributed by atoms with E-state index in [1.165, 1.54) is 0 Å². The van der Waals surface area contributed by atoms with Gasteiger partial charge in [-0.3, -0.25) is 0 Å². The molecule has 1 aromatic carbocycles. The van der Waals surface area contributed by atoms with E-state index in [1.54, 1.807) is 6.07 Å². The highest BCUT2D eigenvalue weighted by Gasteiger charge is 2.00. The Morgan fingerprint density at radius 2 is 1.95 bits per heavy atom. The van der Waals surface area contributed by atoms with E-state index in [1.807, 2.05) is 49.4 Å². The fraction of sp³-hybridized carbons (Fsp3) is 0.200. The molecular weight excluding hydrogens is 254 g/mol. The second-order valence-corrected chi connectivity index (χ2v) is 4.21. The first-order valence-electron chi connectivity index (χ1n) is 6.40. The van der Waals surface area contributed by atoms with E-state index >= 15 is 0 Å². The Kier molecular flexibility index (Phi) is 4.94. The Bertz CT molecular complexity index is 558. The maximum absolute atomic E-state index is 11.6. The topological polar surface area (TPSA) is 63.2 Å². The Labute approximate surface area is 118 Å². The molecule has 0 bridgehead atoms. The molecular formula is C15H17N3O2. The molecule has 20 heavy (non-hydrogen) atoms. The molecule has 5 heteroatoms. The summed E-state index contributed by atoms with van der Waals surface area (Å²) < 4.78 is 5.43. The predicted molar refractivity (Wildman–Crippen MR) is 77.9 cm³/mol. The number of urea groups is 1. The summed E-state index contributed by atoms with van der Waals surface area (Å²) in [7, 11) is 0. The van der Waals surface area contributed by atoms with E-state index in [4.69, 9.17) is 4.74 Å². The van der Waals surface area contributed by atoms with Gasteiger partial charge in [-0.25, -0.2) is 9.78 Å². The molecule has 0 spiro atoms. The van der Waals surface area contributed by atoms with Crippen molar-refractivity contribution >= 4 is 11.7 Å². The Hall–Kier alpha value is -2.56. The number of rotatable bonds is 5. The summed E-state index contributed by atoms with van der Waals surface area (Å²) in [4.78, 5) is 15.8. The van der Waals surface area contributed by atoms with E-state index in [-0.39, 0.29) is 6.03 Å². The molecule has 2 rings (SSSR count). The minimum Gasteiger partial charge on any atom is -0.476 e. The van der Waals surface area contributed by atoms with Crippen LogP contribution in [0.1, 0.15) is 5.69 Å². The van der Waals surface area contributed by atoms with Crippen LogP contribution in [0.2, 0.25) is 0 Å². The Balaban J connectivity index is 1.67. The normalized spacial score (nSPS) is 9.85. The van der Waals surface area contributed by atoms with Crippen LogP contribution in [0.4, 0.5) is 10.5 Å². The first-order chi connectivity index (χ1) is 9.74. The van der Waals surface area contributed by atoms with Crippen molar-refractivity contribution in [2.45, 2.75) is 6.92 Å². The van der Waals surface area contributed by atoms with E-state index in [2.05, 4.69) is 15.6 Å². The lowest BCUT2D eigenvalue weighted by Crippen LogP contribution is -2.32. The number of hydrogen-bond acceptors (Lipinski definition) is 3. The first-order valence-corrected chi connectivity index (χ1v) is 6.40. The summed E-state index contributed by atoms with van der Waals surface area (Å²) in [6.07, 6.45) is 0. The Morgan fingerprint density at radius 3 is 2.70 bits per heavy atom. The molecule has 2 amide bonds. The lowest BCUT2D eigenvalue weighted by molar-refractivity contribution is 0.246. The van der Waals surface area contributed by atoms with Gasteiger partial charge in [-0.2, -0.15) is 0 Å². The van der Waals surface area contributed by atoms with E-state index in [0.717, 1.165) is 11.4 Å². The van der Waals surface area contributed by atoms with Gasteiger partial charge in [0.2, 0.25) is 5.88 Å². The third kappa shape index (κ3) is 4.61. The third-order valence-corrected chi connectivity index (χ3v) is 2.53. The van der Waals surface area contributed by atoms with Gasteiger partial charge in [-0.1, -0.05) is 24.3 Å². The summed E-state index contributed by atoms with van der Waals surface area (Å²) in [6.45, 7) is 2.69. The van der Waals surface area contributed by atoms with Gasteiger partial charge in [-0.05, 0) is 25.1 Å². The molecule has 0 saturated carbocycles. The van der Waals surface area contributed by atoms with Crippen LogP contribution in [0.25, 0.3) is 0 Å². The van der Waals surface area contributed by atoms with Gasteiger partial charge in [0, 0.05) is 17.4 Å². The summed E-state index contributed by atoms with van der Waals surface area (Å²) in [5.74, 6) is 0.565. The molecule has 0 aliphatic carbocycles. The van der Waals surface area contributed by atoms with Crippen LogP contribution in [0.3, 0.4) is 0 Å². The molecule has 0 fully saturated rings. The smallest absolute Gasteiger partial charge is 0.319 e. The van der Waals surface area contributed by atoms with Gasteiger partial charge < -0.3 is 15.4 Å². The number of nitrogens with zero attached hydrogens (tertiary/aromatic N) is 1. The second kappa shape index (κ2) is 7.13. The monoisotopic (exact) mass is 271 g/mol. The molecule has 0 unspecified atom stereocenters. The zero-order valence-corrected chi connectivity index (χ0v) is 11.3. The van der Waals surface area contributed by atoms with E-state index in [9.17, 15) is 4.79 Å². The highest BCUT2D eigenvalue weighted by Crippen LogP contribution is 2.06. The lowest BCUT2D eigenvalue weighted by Gasteiger charge is -2.08. The number of ether oxygens (including phenoxy) is 1. The van der Waals surface area contributed by atoms with E-state index in [0.29, 0.717) is 19.0 Å². The van der Waals surface area contributed by atoms with Crippen LogP contribution < -0.4 is 15.4 Å². The van der Waals surface area contributed by atoms with Gasteiger partial charge in [-0.15, -0.1) is 0 Å². The minimum absolute atomic E-state index is 0.253. The molecule has 1 aromatic heterocycles. The standard InChI is InChI=1S/C15H17N3O2/c1-12-6-5-9-14(17-12)20-11-10-16-15(19)18-13-7-3-2-4-8-13/h2-9H,10-11H2,1H3,(H2,16,18,19). The first kappa shape index (κ1) is 13.9. The number of hydrogen-bond donors (Lipinski definition) is 2. The Morgan fingerprint density at radius 1 is 1.15 bits per heavy atom. The van der Waals surface area contributed by atoms with Crippen LogP contribution in [0.5, 0.6) is 5.88 Å². The SMILES string of the molecule is Cc1cccc(OCCNC(=O)Nc2ccccc2)n1. The van der Waals surface area contributed by atoms with Crippen molar-refractivity contribution in [3.8, 4) is 5.88 Å². The molecule has 1 heterocycles. The van der Waals surface area contributed by atoms with Gasteiger partial charge in [0.1, 0.15) is 6.61 Å². The largest absolute Gasteiger partial charge is 0.476 e. The highest BCUT2D eigenvalue weighted by atomic mass is 16.5. The number of aryl methyl sites for hydroxylation is 1. The number of para-hydroxylation sites is 1. The fourth-order valence-electron chi connectivity index (χ4n) is 1.62. The number of nitrogens with one attached hydrogen (secondary N) is 2. The van der Waals surface area contributed by atoms with Crippen LogP contribution in [-0.4, -0.2) is 24.2 Å². The third-order valence-electron chi connectivity index (χ3n) is 2.53. The zero-order valence-electron chi connectivity index (χ0n) is 11.3. The maximum atomic E-state index is 11.6. The van der Waals surface area contributed by atoms with Crippen molar-refractivity contribution < 1.29 is 9.53 Å². The summed E-state index contributed by atoms with van der Waals surface area (Å²) in [6, 6.07) is 14.6. The van der Waals surface area contributed by atoms with Crippen LogP contribution in [-0.2, 0) is 0 Å². The molecule has 0 aliphatic heterocycles. The molecule has 0 atom stereocenters. The average molecular weight is 271 g/mol. The fourth-order valence-corrected chi connectivity index (χ4v) is 1.62. The van der Waals surface area contributed by atoms with Gasteiger partial charge in [0.15, 0.2) is 0 Å². The number of carbonyl (C=O) groups is 1.